The number of carbonyl (C=O) groups is 1. The zero-order valence-corrected chi connectivity index (χ0v) is 12.9. The van der Waals surface area contributed by atoms with Crippen LogP contribution in [-0.4, -0.2) is 43.8 Å². The van der Waals surface area contributed by atoms with Crippen molar-refractivity contribution in [3.63, 3.8) is 0 Å². The number of hydrogen-bond donors (Lipinski definition) is 1. The van der Waals surface area contributed by atoms with Crippen LogP contribution in [0.3, 0.4) is 0 Å². The van der Waals surface area contributed by atoms with Gasteiger partial charge in [-0.1, -0.05) is 19.1 Å². The van der Waals surface area contributed by atoms with Crippen LogP contribution in [-0.2, 0) is 25.6 Å². The van der Waals surface area contributed by atoms with Gasteiger partial charge in [0.25, 0.3) is 0 Å². The fourth-order valence-corrected chi connectivity index (χ4v) is 3.46. The third-order valence-corrected chi connectivity index (χ3v) is 5.35. The molecule has 0 saturated heterocycles. The highest BCUT2D eigenvalue weighted by Gasteiger charge is 2.22. The van der Waals surface area contributed by atoms with Gasteiger partial charge in [-0.2, -0.15) is 0 Å². The molecule has 1 N–H and O–H groups in total. The third kappa shape index (κ3) is 4.39. The summed E-state index contributed by atoms with van der Waals surface area (Å²) in [7, 11) is -3.70. The Hall–Kier alpha value is -1.25. The fraction of sp³-hybridized carbons (Fsp3) is 0.417. The molecule has 20 heavy (non-hydrogen) atoms. The summed E-state index contributed by atoms with van der Waals surface area (Å²) in [5.41, 5.74) is -0.0286. The lowest BCUT2D eigenvalue weighted by atomic mass is 10.2. The number of methoxy groups -OCH3 is 1. The Morgan fingerprint density at radius 2 is 2.00 bits per heavy atom. The lowest BCUT2D eigenvalue weighted by Crippen LogP contribution is -2.29. The largest absolute Gasteiger partial charge is 0.465 e. The van der Waals surface area contributed by atoms with Crippen LogP contribution in [0.15, 0.2) is 29.2 Å². The van der Waals surface area contributed by atoms with E-state index < -0.39 is 26.8 Å². The van der Waals surface area contributed by atoms with Crippen molar-refractivity contribution in [3.8, 4) is 0 Å². The van der Waals surface area contributed by atoms with E-state index in [1.54, 1.807) is 13.0 Å². The van der Waals surface area contributed by atoms with Crippen LogP contribution >= 0.6 is 0 Å². The molecule has 1 aromatic rings. The van der Waals surface area contributed by atoms with Crippen molar-refractivity contribution in [3.05, 3.63) is 29.8 Å². The summed E-state index contributed by atoms with van der Waals surface area (Å²) in [6, 6.07) is 5.78. The number of benzene rings is 1. The van der Waals surface area contributed by atoms with E-state index in [-0.39, 0.29) is 22.8 Å². The number of hydrogen-bond acceptors (Lipinski definition) is 5. The number of sulfonamides is 1. The standard InChI is InChI=1S/C12H17NO5S2/c1-3-19(15)9-8-13-20(16,17)11-7-5-4-6-10(11)12(14)18-2/h4-7,13H,3,8-9H2,1-2H3. The molecule has 0 saturated carbocycles. The molecule has 0 amide bonds. The van der Waals surface area contributed by atoms with Gasteiger partial charge in [0, 0.05) is 28.9 Å². The normalized spacial score (nSPS) is 12.9. The summed E-state index contributed by atoms with van der Waals surface area (Å²) in [6.07, 6.45) is 0. The molecular formula is C12H17NO5S2. The summed E-state index contributed by atoms with van der Waals surface area (Å²) in [5, 5.41) is 0. The maximum Gasteiger partial charge on any atom is 0.339 e. The summed E-state index contributed by atoms with van der Waals surface area (Å²) >= 11 is 0. The summed E-state index contributed by atoms with van der Waals surface area (Å²) in [4.78, 5) is 11.4. The molecule has 0 heterocycles. The van der Waals surface area contributed by atoms with Gasteiger partial charge in [0.1, 0.15) is 0 Å². The Kier molecular flexibility index (Phi) is 6.31. The first kappa shape index (κ1) is 16.8. The Morgan fingerprint density at radius 3 is 2.60 bits per heavy atom. The first-order valence-electron chi connectivity index (χ1n) is 5.94. The molecule has 0 radical (unpaired) electrons. The Morgan fingerprint density at radius 1 is 1.35 bits per heavy atom. The van der Waals surface area contributed by atoms with Crippen LogP contribution in [0, 0.1) is 0 Å². The topological polar surface area (TPSA) is 89.5 Å². The van der Waals surface area contributed by atoms with Gasteiger partial charge >= 0.3 is 5.97 Å². The van der Waals surface area contributed by atoms with Crippen LogP contribution in [0.1, 0.15) is 17.3 Å². The van der Waals surface area contributed by atoms with E-state index in [1.165, 1.54) is 25.3 Å². The Labute approximate surface area is 121 Å². The molecule has 0 aliphatic carbocycles. The summed E-state index contributed by atoms with van der Waals surface area (Å²) in [6.45, 7) is 1.81. The highest BCUT2D eigenvalue weighted by Crippen LogP contribution is 2.16. The minimum atomic E-state index is -3.84. The van der Waals surface area contributed by atoms with E-state index in [2.05, 4.69) is 9.46 Å². The molecule has 6 nitrogen and oxygen atoms in total. The van der Waals surface area contributed by atoms with Gasteiger partial charge in [-0.15, -0.1) is 0 Å². The molecule has 8 heteroatoms. The van der Waals surface area contributed by atoms with Crippen molar-refractivity contribution < 1.29 is 22.2 Å². The van der Waals surface area contributed by atoms with Crippen molar-refractivity contribution in [2.45, 2.75) is 11.8 Å². The minimum absolute atomic E-state index is 0.0286. The number of carbonyl (C=O) groups excluding carboxylic acids is 1. The lowest BCUT2D eigenvalue weighted by molar-refractivity contribution is 0.0596. The molecule has 1 atom stereocenters. The second-order valence-electron chi connectivity index (χ2n) is 3.82. The van der Waals surface area contributed by atoms with E-state index in [4.69, 9.17) is 0 Å². The predicted octanol–water partition coefficient (Wildman–Crippen LogP) is 0.520. The first-order chi connectivity index (χ1) is 9.42. The van der Waals surface area contributed by atoms with Crippen LogP contribution < -0.4 is 4.72 Å². The maximum atomic E-state index is 12.1. The van der Waals surface area contributed by atoms with Gasteiger partial charge in [-0.05, 0) is 12.1 Å². The van der Waals surface area contributed by atoms with Crippen LogP contribution in [0.25, 0.3) is 0 Å². The molecular weight excluding hydrogens is 302 g/mol. The monoisotopic (exact) mass is 319 g/mol. The van der Waals surface area contributed by atoms with Crippen molar-refractivity contribution in [1.29, 1.82) is 0 Å². The van der Waals surface area contributed by atoms with E-state index >= 15 is 0 Å². The van der Waals surface area contributed by atoms with Gasteiger partial charge in [0.2, 0.25) is 10.0 Å². The Balaban J connectivity index is 2.93. The van der Waals surface area contributed by atoms with Gasteiger partial charge in [-0.25, -0.2) is 17.9 Å². The first-order valence-corrected chi connectivity index (χ1v) is 8.91. The molecule has 1 aromatic carbocycles. The van der Waals surface area contributed by atoms with E-state index in [9.17, 15) is 17.4 Å². The smallest absolute Gasteiger partial charge is 0.339 e. The third-order valence-electron chi connectivity index (χ3n) is 2.53. The second-order valence-corrected chi connectivity index (χ2v) is 7.42. The minimum Gasteiger partial charge on any atom is -0.465 e. The average molecular weight is 319 g/mol. The SMILES string of the molecule is CCS(=O)CCNS(=O)(=O)c1ccccc1C(=O)OC. The lowest BCUT2D eigenvalue weighted by Gasteiger charge is -2.09. The van der Waals surface area contributed by atoms with Crippen LogP contribution in [0.2, 0.25) is 0 Å². The molecule has 0 bridgehead atoms. The predicted molar refractivity (Wildman–Crippen MR) is 76.5 cm³/mol. The van der Waals surface area contributed by atoms with Crippen molar-refractivity contribution >= 4 is 26.8 Å². The molecule has 1 rings (SSSR count). The molecule has 0 aromatic heterocycles. The van der Waals surface area contributed by atoms with Crippen LogP contribution in [0.5, 0.6) is 0 Å². The fourth-order valence-electron chi connectivity index (χ4n) is 1.49. The van der Waals surface area contributed by atoms with E-state index in [0.717, 1.165) is 0 Å². The quantitative estimate of drug-likeness (QED) is 0.740. The van der Waals surface area contributed by atoms with Crippen molar-refractivity contribution in [2.75, 3.05) is 25.2 Å². The molecule has 1 unspecified atom stereocenters. The number of ether oxygens (including phenoxy) is 1. The van der Waals surface area contributed by atoms with E-state index in [0.29, 0.717) is 5.75 Å². The second kappa shape index (κ2) is 7.51. The molecule has 0 aliphatic heterocycles. The molecule has 0 fully saturated rings. The van der Waals surface area contributed by atoms with Gasteiger partial charge in [0.05, 0.1) is 17.6 Å². The molecule has 112 valence electrons. The van der Waals surface area contributed by atoms with Crippen molar-refractivity contribution in [1.82, 2.24) is 4.72 Å². The average Bonchev–Trinajstić information content (AvgIpc) is 2.46. The summed E-state index contributed by atoms with van der Waals surface area (Å²) in [5.74, 6) is -0.0144. The van der Waals surface area contributed by atoms with E-state index in [1.807, 2.05) is 0 Å². The van der Waals surface area contributed by atoms with Gasteiger partial charge < -0.3 is 4.74 Å². The zero-order valence-electron chi connectivity index (χ0n) is 11.3. The van der Waals surface area contributed by atoms with Gasteiger partial charge in [0.15, 0.2) is 0 Å². The number of rotatable bonds is 7. The highest BCUT2D eigenvalue weighted by molar-refractivity contribution is 7.89. The van der Waals surface area contributed by atoms with Crippen molar-refractivity contribution in [2.24, 2.45) is 0 Å². The maximum absolute atomic E-state index is 12.1. The molecule has 0 spiro atoms. The highest BCUT2D eigenvalue weighted by atomic mass is 32.2. The number of nitrogens with one attached hydrogen (secondary N) is 1. The summed E-state index contributed by atoms with van der Waals surface area (Å²) < 4.78 is 42.4. The number of esters is 1. The van der Waals surface area contributed by atoms with Gasteiger partial charge in [-0.3, -0.25) is 4.21 Å². The molecule has 0 aliphatic rings. The zero-order chi connectivity index (χ0) is 15.2. The van der Waals surface area contributed by atoms with Crippen LogP contribution in [0.4, 0.5) is 0 Å². The Bertz CT molecular complexity index is 598.